The number of para-hydroxylation sites is 2. The Labute approximate surface area is 171 Å². The second-order valence-electron chi connectivity index (χ2n) is 6.08. The lowest BCUT2D eigenvalue weighted by atomic mass is 10.1. The van der Waals surface area contributed by atoms with Crippen LogP contribution in [0.1, 0.15) is 5.82 Å². The first-order chi connectivity index (χ1) is 14.1. The smallest absolute Gasteiger partial charge is 0.210 e. The Bertz CT molecular complexity index is 1100. The molecule has 10 heteroatoms. The predicted octanol–water partition coefficient (Wildman–Crippen LogP) is 2.85. The van der Waals surface area contributed by atoms with Crippen LogP contribution in [0.5, 0.6) is 17.2 Å². The quantitative estimate of drug-likeness (QED) is 0.352. The van der Waals surface area contributed by atoms with Gasteiger partial charge in [0.05, 0.1) is 38.1 Å². The van der Waals surface area contributed by atoms with Gasteiger partial charge in [0, 0.05) is 5.56 Å². The van der Waals surface area contributed by atoms with E-state index < -0.39 is 0 Å². The molecular formula is C19H20N6O3S. The van der Waals surface area contributed by atoms with Crippen molar-refractivity contribution in [2.45, 2.75) is 10.9 Å². The van der Waals surface area contributed by atoms with Gasteiger partial charge in [-0.15, -0.1) is 10.2 Å². The van der Waals surface area contributed by atoms with E-state index in [2.05, 4.69) is 20.2 Å². The van der Waals surface area contributed by atoms with Gasteiger partial charge in [-0.2, -0.15) is 0 Å². The molecule has 4 rings (SSSR count). The third-order valence-corrected chi connectivity index (χ3v) is 5.32. The van der Waals surface area contributed by atoms with E-state index in [1.807, 2.05) is 24.3 Å². The molecule has 0 aliphatic carbocycles. The van der Waals surface area contributed by atoms with Crippen LogP contribution in [0.3, 0.4) is 0 Å². The molecule has 0 fully saturated rings. The molecule has 3 N–H and O–H groups in total. The summed E-state index contributed by atoms with van der Waals surface area (Å²) in [5, 5.41) is 9.01. The fourth-order valence-corrected chi connectivity index (χ4v) is 3.72. The maximum atomic E-state index is 6.26. The Hall–Kier alpha value is -3.40. The summed E-state index contributed by atoms with van der Waals surface area (Å²) < 4.78 is 17.6. The van der Waals surface area contributed by atoms with Gasteiger partial charge < -0.3 is 25.0 Å². The Morgan fingerprint density at radius 1 is 1.03 bits per heavy atom. The summed E-state index contributed by atoms with van der Waals surface area (Å²) in [6.45, 7) is 0. The van der Waals surface area contributed by atoms with Crippen molar-refractivity contribution in [2.24, 2.45) is 0 Å². The number of methoxy groups -OCH3 is 3. The third-order valence-electron chi connectivity index (χ3n) is 4.36. The van der Waals surface area contributed by atoms with Crippen molar-refractivity contribution in [1.82, 2.24) is 24.8 Å². The summed E-state index contributed by atoms with van der Waals surface area (Å²) in [5.74, 6) is 9.69. The number of nitrogens with two attached hydrogens (primary N) is 1. The highest BCUT2D eigenvalue weighted by atomic mass is 32.2. The summed E-state index contributed by atoms with van der Waals surface area (Å²) in [6, 6.07) is 11.4. The summed E-state index contributed by atoms with van der Waals surface area (Å²) in [6.07, 6.45) is 0. The summed E-state index contributed by atoms with van der Waals surface area (Å²) >= 11 is 1.44. The zero-order valence-corrected chi connectivity index (χ0v) is 17.0. The summed E-state index contributed by atoms with van der Waals surface area (Å²) in [4.78, 5) is 7.85. The molecule has 9 nitrogen and oxygen atoms in total. The zero-order chi connectivity index (χ0) is 20.4. The molecule has 0 saturated carbocycles. The van der Waals surface area contributed by atoms with E-state index >= 15 is 0 Å². The van der Waals surface area contributed by atoms with Crippen molar-refractivity contribution in [3.63, 3.8) is 0 Å². The van der Waals surface area contributed by atoms with Gasteiger partial charge >= 0.3 is 0 Å². The Balaban J connectivity index is 1.60. The number of rotatable bonds is 7. The van der Waals surface area contributed by atoms with Gasteiger partial charge in [0.15, 0.2) is 17.3 Å². The number of nitrogens with one attached hydrogen (secondary N) is 1. The molecule has 0 atom stereocenters. The van der Waals surface area contributed by atoms with Crippen molar-refractivity contribution >= 4 is 22.8 Å². The summed E-state index contributed by atoms with van der Waals surface area (Å²) in [7, 11) is 4.67. The fourth-order valence-electron chi connectivity index (χ4n) is 2.99. The molecule has 2 aromatic carbocycles. The molecule has 0 aliphatic heterocycles. The van der Waals surface area contributed by atoms with Gasteiger partial charge in [-0.1, -0.05) is 23.9 Å². The van der Waals surface area contributed by atoms with Crippen LogP contribution in [0.25, 0.3) is 22.4 Å². The lowest BCUT2D eigenvalue weighted by Crippen LogP contribution is -2.11. The maximum Gasteiger partial charge on any atom is 0.210 e. The van der Waals surface area contributed by atoms with Crippen LogP contribution in [0.2, 0.25) is 0 Å². The van der Waals surface area contributed by atoms with Gasteiger partial charge in [-0.05, 0) is 24.3 Å². The molecule has 0 spiro atoms. The largest absolute Gasteiger partial charge is 0.493 e. The normalized spacial score (nSPS) is 11.0. The number of benzene rings is 2. The van der Waals surface area contributed by atoms with E-state index in [1.165, 1.54) is 16.4 Å². The highest BCUT2D eigenvalue weighted by molar-refractivity contribution is 7.98. The van der Waals surface area contributed by atoms with Crippen LogP contribution in [0.15, 0.2) is 41.6 Å². The first kappa shape index (κ1) is 18.9. The second-order valence-corrected chi connectivity index (χ2v) is 7.02. The first-order valence-corrected chi connectivity index (χ1v) is 9.70. The Morgan fingerprint density at radius 2 is 1.76 bits per heavy atom. The predicted molar refractivity (Wildman–Crippen MR) is 111 cm³/mol. The lowest BCUT2D eigenvalue weighted by Gasteiger charge is -2.13. The average molecular weight is 412 g/mol. The molecule has 2 aromatic heterocycles. The number of aromatic nitrogens is 5. The minimum atomic E-state index is 0.483. The molecule has 0 unspecified atom stereocenters. The average Bonchev–Trinajstić information content (AvgIpc) is 3.33. The van der Waals surface area contributed by atoms with Gasteiger partial charge in [0.25, 0.3) is 0 Å². The van der Waals surface area contributed by atoms with Crippen LogP contribution < -0.4 is 20.1 Å². The van der Waals surface area contributed by atoms with Crippen LogP contribution in [0.4, 0.5) is 0 Å². The molecule has 4 aromatic rings. The number of hydrogen-bond acceptors (Lipinski definition) is 8. The number of aromatic amines is 1. The molecule has 0 radical (unpaired) electrons. The highest BCUT2D eigenvalue weighted by Crippen LogP contribution is 2.41. The second kappa shape index (κ2) is 7.92. The van der Waals surface area contributed by atoms with Gasteiger partial charge in [-0.25, -0.2) is 9.66 Å². The first-order valence-electron chi connectivity index (χ1n) is 8.72. The summed E-state index contributed by atoms with van der Waals surface area (Å²) in [5.41, 5.74) is 2.62. The van der Waals surface area contributed by atoms with Crippen LogP contribution >= 0.6 is 11.8 Å². The highest BCUT2D eigenvalue weighted by Gasteiger charge is 2.19. The van der Waals surface area contributed by atoms with Gasteiger partial charge in [0.2, 0.25) is 10.9 Å². The van der Waals surface area contributed by atoms with Crippen LogP contribution in [-0.2, 0) is 5.75 Å². The molecule has 29 heavy (non-hydrogen) atoms. The van der Waals surface area contributed by atoms with E-state index in [1.54, 1.807) is 33.5 Å². The number of hydrogen-bond donors (Lipinski definition) is 2. The third kappa shape index (κ3) is 3.54. The number of thioether (sulfide) groups is 1. The minimum absolute atomic E-state index is 0.483. The van der Waals surface area contributed by atoms with Crippen LogP contribution in [0, 0.1) is 0 Å². The van der Waals surface area contributed by atoms with Crippen molar-refractivity contribution < 1.29 is 14.2 Å². The van der Waals surface area contributed by atoms with Crippen molar-refractivity contribution in [3.8, 4) is 28.6 Å². The molecule has 0 bridgehead atoms. The number of nitrogen functional groups attached to an aromatic ring is 1. The molecule has 150 valence electrons. The lowest BCUT2D eigenvalue weighted by molar-refractivity contribution is 0.324. The molecule has 0 amide bonds. The number of imidazole rings is 1. The number of ether oxygens (including phenoxy) is 3. The van der Waals surface area contributed by atoms with Gasteiger partial charge in [0.1, 0.15) is 5.82 Å². The zero-order valence-electron chi connectivity index (χ0n) is 16.2. The van der Waals surface area contributed by atoms with Crippen molar-refractivity contribution in [2.75, 3.05) is 27.2 Å². The molecule has 2 heterocycles. The molecule has 0 aliphatic rings. The SMILES string of the molecule is COc1cc(-c2nnc(SCc3nc4ccccc4[nH]3)n2N)cc(OC)c1OC. The topological polar surface area (TPSA) is 113 Å². The van der Waals surface area contributed by atoms with Gasteiger partial charge in [-0.3, -0.25) is 0 Å². The van der Waals surface area contributed by atoms with E-state index in [0.717, 1.165) is 16.9 Å². The Kier molecular flexibility index (Phi) is 5.17. The standard InChI is InChI=1S/C19H20N6O3S/c1-26-14-8-11(9-15(27-2)17(14)28-3)18-23-24-19(25(18)20)29-10-16-21-12-6-4-5-7-13(12)22-16/h4-9H,10,20H2,1-3H3,(H,21,22). The van der Waals surface area contributed by atoms with Crippen LogP contribution in [-0.4, -0.2) is 46.2 Å². The maximum absolute atomic E-state index is 6.26. The molecule has 0 saturated heterocycles. The number of fused-ring (bicyclic) bond motifs is 1. The minimum Gasteiger partial charge on any atom is -0.493 e. The monoisotopic (exact) mass is 412 g/mol. The van der Waals surface area contributed by atoms with E-state index in [-0.39, 0.29) is 0 Å². The number of nitrogens with zero attached hydrogens (tertiary/aromatic N) is 4. The fraction of sp³-hybridized carbons (Fsp3) is 0.211. The van der Waals surface area contributed by atoms with E-state index in [4.69, 9.17) is 20.1 Å². The van der Waals surface area contributed by atoms with Crippen molar-refractivity contribution in [1.29, 1.82) is 0 Å². The van der Waals surface area contributed by atoms with E-state index in [9.17, 15) is 0 Å². The Morgan fingerprint density at radius 3 is 2.41 bits per heavy atom. The van der Waals surface area contributed by atoms with Crippen molar-refractivity contribution in [3.05, 3.63) is 42.2 Å². The molecular weight excluding hydrogens is 392 g/mol. The number of H-pyrrole nitrogens is 1. The van der Waals surface area contributed by atoms with E-state index in [0.29, 0.717) is 39.5 Å².